The molecule has 3 aromatic rings. The van der Waals surface area contributed by atoms with Gasteiger partial charge < -0.3 is 4.90 Å². The molecular weight excluding hydrogens is 354 g/mol. The zero-order chi connectivity index (χ0) is 19.0. The molecule has 1 amide bonds. The molecule has 0 aliphatic heterocycles. The number of carbonyl (C=O) groups excluding carboxylic acids is 1. The second-order valence-electron chi connectivity index (χ2n) is 7.56. The summed E-state index contributed by atoms with van der Waals surface area (Å²) in [5.74, 6) is 1.52. The van der Waals surface area contributed by atoms with Gasteiger partial charge in [0.15, 0.2) is 0 Å². The van der Waals surface area contributed by atoms with Gasteiger partial charge in [0, 0.05) is 24.2 Å². The van der Waals surface area contributed by atoms with Crippen molar-refractivity contribution in [2.75, 3.05) is 6.54 Å². The summed E-state index contributed by atoms with van der Waals surface area (Å²) >= 11 is 1.51. The van der Waals surface area contributed by atoms with Crippen LogP contribution in [0, 0.1) is 26.7 Å². The fourth-order valence-corrected chi connectivity index (χ4v) is 5.08. The maximum atomic E-state index is 13.5. The normalized spacial score (nSPS) is 14.3. The molecule has 1 aliphatic carbocycles. The topological polar surface area (TPSA) is 46.1 Å². The lowest BCUT2D eigenvalue weighted by atomic mass is 9.85. The number of aryl methyl sites for hydroxylation is 3. The second-order valence-corrected chi connectivity index (χ2v) is 8.56. The van der Waals surface area contributed by atoms with E-state index in [0.29, 0.717) is 12.5 Å². The minimum atomic E-state index is 0.128. The molecule has 1 aromatic carbocycles. The third-order valence-corrected chi connectivity index (χ3v) is 6.66. The molecule has 0 bridgehead atoms. The predicted octanol–water partition coefficient (Wildman–Crippen LogP) is 5.06. The minimum Gasteiger partial charge on any atom is -0.333 e. The molecule has 1 aliphatic rings. The van der Waals surface area contributed by atoms with Gasteiger partial charge in [-0.2, -0.15) is 0 Å². The quantitative estimate of drug-likeness (QED) is 0.622. The highest BCUT2D eigenvalue weighted by Crippen LogP contribution is 2.34. The van der Waals surface area contributed by atoms with Gasteiger partial charge in [-0.15, -0.1) is 11.3 Å². The average molecular weight is 380 g/mol. The molecule has 5 heteroatoms. The van der Waals surface area contributed by atoms with Crippen LogP contribution in [0.1, 0.15) is 51.6 Å². The molecule has 2 heterocycles. The van der Waals surface area contributed by atoms with Crippen LogP contribution in [0.5, 0.6) is 0 Å². The van der Waals surface area contributed by atoms with Gasteiger partial charge in [-0.3, -0.25) is 4.79 Å². The Bertz CT molecular complexity index is 976. The van der Waals surface area contributed by atoms with Gasteiger partial charge in [-0.1, -0.05) is 36.8 Å². The zero-order valence-corrected chi connectivity index (χ0v) is 17.0. The van der Waals surface area contributed by atoms with Gasteiger partial charge in [0.05, 0.1) is 4.88 Å². The van der Waals surface area contributed by atoms with Gasteiger partial charge in [0.25, 0.3) is 5.91 Å². The lowest BCUT2D eigenvalue weighted by molar-refractivity contribution is 0.0684. The summed E-state index contributed by atoms with van der Waals surface area (Å²) in [6, 6.07) is 10.3. The first-order valence-electron chi connectivity index (χ1n) is 9.60. The number of benzene rings is 1. The maximum Gasteiger partial charge on any atom is 0.264 e. The predicted molar refractivity (Wildman–Crippen MR) is 110 cm³/mol. The first kappa shape index (κ1) is 18.1. The van der Waals surface area contributed by atoms with Gasteiger partial charge in [0.1, 0.15) is 10.7 Å². The molecule has 0 radical (unpaired) electrons. The van der Waals surface area contributed by atoms with Crippen molar-refractivity contribution in [3.63, 3.8) is 0 Å². The Hall–Kier alpha value is -2.27. The smallest absolute Gasteiger partial charge is 0.264 e. The molecule has 140 valence electrons. The highest BCUT2D eigenvalue weighted by atomic mass is 32.1. The van der Waals surface area contributed by atoms with E-state index in [9.17, 15) is 4.79 Å². The molecule has 1 fully saturated rings. The Labute approximate surface area is 164 Å². The Balaban J connectivity index is 1.69. The van der Waals surface area contributed by atoms with Crippen molar-refractivity contribution in [1.82, 2.24) is 14.9 Å². The van der Waals surface area contributed by atoms with Crippen LogP contribution in [0.4, 0.5) is 0 Å². The van der Waals surface area contributed by atoms with Crippen molar-refractivity contribution in [2.45, 2.75) is 46.6 Å². The van der Waals surface area contributed by atoms with E-state index in [-0.39, 0.29) is 5.91 Å². The Morgan fingerprint density at radius 1 is 1.15 bits per heavy atom. The van der Waals surface area contributed by atoms with Gasteiger partial charge in [-0.25, -0.2) is 9.97 Å². The number of rotatable bonds is 5. The molecule has 27 heavy (non-hydrogen) atoms. The van der Waals surface area contributed by atoms with E-state index in [0.717, 1.165) is 38.7 Å². The van der Waals surface area contributed by atoms with E-state index in [2.05, 4.69) is 22.1 Å². The summed E-state index contributed by atoms with van der Waals surface area (Å²) in [6.07, 6.45) is 3.75. The first-order chi connectivity index (χ1) is 13.0. The van der Waals surface area contributed by atoms with Gasteiger partial charge >= 0.3 is 0 Å². The van der Waals surface area contributed by atoms with Crippen molar-refractivity contribution in [3.8, 4) is 0 Å². The van der Waals surface area contributed by atoms with Gasteiger partial charge in [-0.05, 0) is 50.7 Å². The fourth-order valence-electron chi connectivity index (χ4n) is 3.83. The van der Waals surface area contributed by atoms with Crippen molar-refractivity contribution < 1.29 is 4.79 Å². The van der Waals surface area contributed by atoms with Crippen LogP contribution in [0.3, 0.4) is 0 Å². The molecule has 4 rings (SSSR count). The van der Waals surface area contributed by atoms with Crippen molar-refractivity contribution in [3.05, 3.63) is 57.9 Å². The van der Waals surface area contributed by atoms with Crippen LogP contribution < -0.4 is 0 Å². The summed E-state index contributed by atoms with van der Waals surface area (Å²) in [4.78, 5) is 26.3. The molecule has 0 atom stereocenters. The average Bonchev–Trinajstić information content (AvgIpc) is 2.93. The Morgan fingerprint density at radius 3 is 2.56 bits per heavy atom. The number of hydrogen-bond donors (Lipinski definition) is 0. The number of amides is 1. The van der Waals surface area contributed by atoms with E-state index < -0.39 is 0 Å². The van der Waals surface area contributed by atoms with Crippen LogP contribution in [0.2, 0.25) is 0 Å². The molecule has 0 N–H and O–H groups in total. The summed E-state index contributed by atoms with van der Waals surface area (Å²) in [5.41, 5.74) is 3.15. The Kier molecular flexibility index (Phi) is 4.96. The van der Waals surface area contributed by atoms with Crippen LogP contribution in [0.15, 0.2) is 30.3 Å². The number of aromatic nitrogens is 2. The number of fused-ring (bicyclic) bond motifs is 1. The number of carbonyl (C=O) groups is 1. The zero-order valence-electron chi connectivity index (χ0n) is 16.2. The summed E-state index contributed by atoms with van der Waals surface area (Å²) in [6.45, 7) is 7.43. The Morgan fingerprint density at radius 2 is 1.89 bits per heavy atom. The van der Waals surface area contributed by atoms with Crippen LogP contribution >= 0.6 is 11.3 Å². The fraction of sp³-hybridized carbons (Fsp3) is 0.409. The summed E-state index contributed by atoms with van der Waals surface area (Å²) in [7, 11) is 0. The molecular formula is C22H25N3OS. The van der Waals surface area contributed by atoms with Crippen LogP contribution in [-0.4, -0.2) is 27.3 Å². The molecule has 1 saturated carbocycles. The van der Waals surface area contributed by atoms with Crippen LogP contribution in [0.25, 0.3) is 10.2 Å². The van der Waals surface area contributed by atoms with Crippen molar-refractivity contribution in [2.24, 2.45) is 5.92 Å². The highest BCUT2D eigenvalue weighted by Gasteiger charge is 2.27. The molecule has 2 aromatic heterocycles. The van der Waals surface area contributed by atoms with E-state index >= 15 is 0 Å². The number of hydrogen-bond acceptors (Lipinski definition) is 4. The van der Waals surface area contributed by atoms with E-state index in [4.69, 9.17) is 0 Å². The van der Waals surface area contributed by atoms with Crippen molar-refractivity contribution >= 4 is 27.5 Å². The third kappa shape index (κ3) is 3.61. The molecule has 0 saturated heterocycles. The number of thiophene rings is 1. The van der Waals surface area contributed by atoms with Crippen LogP contribution in [-0.2, 0) is 6.54 Å². The SMILES string of the molecule is Cc1nc(C)c2c(C)c(C(=O)N(Cc3ccccc3)CC3CCC3)sc2n1. The largest absolute Gasteiger partial charge is 0.333 e. The van der Waals surface area contributed by atoms with Crippen molar-refractivity contribution in [1.29, 1.82) is 0 Å². The van der Waals surface area contributed by atoms with Gasteiger partial charge in [0.2, 0.25) is 0 Å². The maximum absolute atomic E-state index is 13.5. The lowest BCUT2D eigenvalue weighted by Crippen LogP contribution is -2.36. The lowest BCUT2D eigenvalue weighted by Gasteiger charge is -2.32. The second kappa shape index (κ2) is 7.39. The minimum absolute atomic E-state index is 0.128. The van der Waals surface area contributed by atoms with E-state index in [1.807, 2.05) is 43.9 Å². The van der Waals surface area contributed by atoms with E-state index in [1.54, 1.807) is 0 Å². The monoisotopic (exact) mass is 379 g/mol. The molecule has 0 unspecified atom stereocenters. The summed E-state index contributed by atoms with van der Waals surface area (Å²) < 4.78 is 0. The molecule has 4 nitrogen and oxygen atoms in total. The standard InChI is InChI=1S/C22H25N3OS/c1-14-19-15(2)23-16(3)24-21(19)27-20(14)22(26)25(13-18-10-7-11-18)12-17-8-5-4-6-9-17/h4-6,8-9,18H,7,10-13H2,1-3H3. The third-order valence-electron chi connectivity index (χ3n) is 5.48. The highest BCUT2D eigenvalue weighted by molar-refractivity contribution is 7.20. The first-order valence-corrected chi connectivity index (χ1v) is 10.4. The number of nitrogens with zero attached hydrogens (tertiary/aromatic N) is 3. The molecule has 0 spiro atoms. The van der Waals surface area contributed by atoms with E-state index in [1.165, 1.54) is 36.2 Å². The summed E-state index contributed by atoms with van der Waals surface area (Å²) in [5, 5.41) is 1.04.